The lowest BCUT2D eigenvalue weighted by atomic mass is 10.0. The average Bonchev–Trinajstić information content (AvgIpc) is 3.39. The summed E-state index contributed by atoms with van der Waals surface area (Å²) < 4.78 is 14.1. The molecule has 0 unspecified atom stereocenters. The van der Waals surface area contributed by atoms with E-state index in [1.54, 1.807) is 6.07 Å². The molecule has 2 aromatic rings. The van der Waals surface area contributed by atoms with Crippen molar-refractivity contribution in [2.75, 3.05) is 17.2 Å². The van der Waals surface area contributed by atoms with E-state index in [9.17, 15) is 19.1 Å². The van der Waals surface area contributed by atoms with Crippen molar-refractivity contribution >= 4 is 40.0 Å². The lowest BCUT2D eigenvalue weighted by Gasteiger charge is -2.23. The topological polar surface area (TPSA) is 103 Å². The minimum absolute atomic E-state index is 0.138. The molecular formula is C24H29FN4O3S. The van der Waals surface area contributed by atoms with Gasteiger partial charge in [-0.2, -0.15) is 0 Å². The summed E-state index contributed by atoms with van der Waals surface area (Å²) in [5.74, 6) is 0.107. The average molecular weight is 473 g/mol. The number of thioether (sulfide) groups is 1. The Morgan fingerprint density at radius 2 is 2.06 bits per heavy atom. The number of benzene rings is 1. The number of aromatic nitrogens is 1. The Morgan fingerprint density at radius 1 is 1.30 bits per heavy atom. The highest BCUT2D eigenvalue weighted by Crippen LogP contribution is 2.35. The van der Waals surface area contributed by atoms with Crippen LogP contribution < -0.4 is 16.0 Å². The number of carbonyl (C=O) groups is 2. The third kappa shape index (κ3) is 5.83. The fourth-order valence-electron chi connectivity index (χ4n) is 3.98. The minimum atomic E-state index is -1.59. The Bertz CT molecular complexity index is 1050. The van der Waals surface area contributed by atoms with Gasteiger partial charge in [-0.25, -0.2) is 9.37 Å². The zero-order valence-electron chi connectivity index (χ0n) is 18.8. The third-order valence-electron chi connectivity index (χ3n) is 5.97. The smallest absolute Gasteiger partial charge is 0.255 e. The number of amides is 1. The van der Waals surface area contributed by atoms with Crippen molar-refractivity contribution in [3.05, 3.63) is 41.6 Å². The predicted molar refractivity (Wildman–Crippen MR) is 128 cm³/mol. The summed E-state index contributed by atoms with van der Waals surface area (Å²) in [6, 6.07) is 7.81. The normalized spacial score (nSPS) is 17.0. The van der Waals surface area contributed by atoms with Crippen molar-refractivity contribution < 1.29 is 19.1 Å². The third-order valence-corrected chi connectivity index (χ3v) is 6.94. The molecule has 0 radical (unpaired) electrons. The van der Waals surface area contributed by atoms with Crippen LogP contribution in [0, 0.1) is 0 Å². The SMILES string of the molecule is CC(C)(O)[C@H](F)CNC(=O)c1cnc(Nc2ccc3c(c2)SC(=O)C3)cc1NC1CCCC1. The van der Waals surface area contributed by atoms with Gasteiger partial charge in [0.2, 0.25) is 0 Å². The monoisotopic (exact) mass is 472 g/mol. The highest BCUT2D eigenvalue weighted by atomic mass is 32.2. The van der Waals surface area contributed by atoms with Gasteiger partial charge in [0.1, 0.15) is 12.0 Å². The van der Waals surface area contributed by atoms with Crippen LogP contribution in [0.15, 0.2) is 35.4 Å². The van der Waals surface area contributed by atoms with Gasteiger partial charge in [0, 0.05) is 35.3 Å². The Kier molecular flexibility index (Phi) is 6.90. The van der Waals surface area contributed by atoms with Crippen LogP contribution in [0.5, 0.6) is 0 Å². The van der Waals surface area contributed by atoms with E-state index in [0.29, 0.717) is 23.5 Å². The van der Waals surface area contributed by atoms with Crippen LogP contribution >= 0.6 is 11.8 Å². The summed E-state index contributed by atoms with van der Waals surface area (Å²) in [6.07, 6.45) is 4.64. The number of pyridine rings is 1. The van der Waals surface area contributed by atoms with Gasteiger partial charge in [0.15, 0.2) is 5.12 Å². The number of halogens is 1. The van der Waals surface area contributed by atoms with Crippen LogP contribution in [0.2, 0.25) is 0 Å². The lowest BCUT2D eigenvalue weighted by molar-refractivity contribution is -0.110. The fraction of sp³-hybridized carbons (Fsp3) is 0.458. The summed E-state index contributed by atoms with van der Waals surface area (Å²) in [5.41, 5.74) is 1.24. The molecule has 4 rings (SSSR count). The molecule has 176 valence electrons. The lowest BCUT2D eigenvalue weighted by Crippen LogP contribution is -2.42. The summed E-state index contributed by atoms with van der Waals surface area (Å²) in [4.78, 5) is 29.8. The number of hydrogen-bond donors (Lipinski definition) is 4. The van der Waals surface area contributed by atoms with Gasteiger partial charge in [-0.05, 0) is 44.4 Å². The van der Waals surface area contributed by atoms with Crippen molar-refractivity contribution in [1.82, 2.24) is 10.3 Å². The second-order valence-electron chi connectivity index (χ2n) is 9.17. The van der Waals surface area contributed by atoms with E-state index in [2.05, 4.69) is 20.9 Å². The fourth-order valence-corrected chi connectivity index (χ4v) is 4.91. The molecule has 1 aromatic carbocycles. The zero-order chi connectivity index (χ0) is 23.6. The minimum Gasteiger partial charge on any atom is -0.387 e. The molecule has 4 N–H and O–H groups in total. The molecule has 9 heteroatoms. The first-order valence-corrected chi connectivity index (χ1v) is 12.0. The van der Waals surface area contributed by atoms with Crippen LogP contribution in [-0.4, -0.2) is 45.5 Å². The van der Waals surface area contributed by atoms with Gasteiger partial charge in [0.25, 0.3) is 5.91 Å². The van der Waals surface area contributed by atoms with Gasteiger partial charge in [-0.1, -0.05) is 30.7 Å². The largest absolute Gasteiger partial charge is 0.387 e. The molecule has 1 aliphatic heterocycles. The Morgan fingerprint density at radius 3 is 2.79 bits per heavy atom. The first kappa shape index (κ1) is 23.5. The van der Waals surface area contributed by atoms with Crippen molar-refractivity contribution in [2.45, 2.75) is 68.7 Å². The summed E-state index contributed by atoms with van der Waals surface area (Å²) in [7, 11) is 0. The molecule has 0 saturated heterocycles. The van der Waals surface area contributed by atoms with Gasteiger partial charge in [-0.15, -0.1) is 0 Å². The molecule has 0 spiro atoms. The summed E-state index contributed by atoms with van der Waals surface area (Å²) in [6.45, 7) is 2.44. The van der Waals surface area contributed by atoms with E-state index in [1.807, 2.05) is 18.2 Å². The van der Waals surface area contributed by atoms with E-state index in [0.717, 1.165) is 41.8 Å². The highest BCUT2D eigenvalue weighted by molar-refractivity contribution is 8.14. The molecule has 2 heterocycles. The van der Waals surface area contributed by atoms with Crippen molar-refractivity contribution in [2.24, 2.45) is 0 Å². The number of anilines is 3. The first-order valence-electron chi connectivity index (χ1n) is 11.2. The van der Waals surface area contributed by atoms with Crippen LogP contribution in [0.25, 0.3) is 0 Å². The molecule has 1 amide bonds. The molecule has 1 saturated carbocycles. The van der Waals surface area contributed by atoms with Crippen LogP contribution in [-0.2, 0) is 11.2 Å². The van der Waals surface area contributed by atoms with Gasteiger partial charge in [-0.3, -0.25) is 9.59 Å². The summed E-state index contributed by atoms with van der Waals surface area (Å²) >= 11 is 1.24. The quantitative estimate of drug-likeness (QED) is 0.457. The van der Waals surface area contributed by atoms with Gasteiger partial charge < -0.3 is 21.1 Å². The van der Waals surface area contributed by atoms with Gasteiger partial charge >= 0.3 is 0 Å². The highest BCUT2D eigenvalue weighted by Gasteiger charge is 2.27. The molecule has 2 aliphatic rings. The van der Waals surface area contributed by atoms with Crippen LogP contribution in [0.4, 0.5) is 21.6 Å². The van der Waals surface area contributed by atoms with Crippen molar-refractivity contribution in [3.8, 4) is 0 Å². The maximum Gasteiger partial charge on any atom is 0.255 e. The Balaban J connectivity index is 1.53. The van der Waals surface area contributed by atoms with Gasteiger partial charge in [0.05, 0.1) is 23.4 Å². The van der Waals surface area contributed by atoms with E-state index in [-0.39, 0.29) is 17.7 Å². The molecule has 7 nitrogen and oxygen atoms in total. The standard InChI is InChI=1S/C24H29FN4O3S/c1-24(2,32)20(25)13-27-23(31)17-12-26-21(11-18(17)28-15-5-3-4-6-15)29-16-8-7-14-9-22(30)33-19(14)10-16/h7-8,10-12,15,20,32H,3-6,9,13H2,1-2H3,(H,27,31)(H2,26,28,29)/t20-/m1/s1. The number of hydrogen-bond acceptors (Lipinski definition) is 7. The molecule has 1 aromatic heterocycles. The van der Waals surface area contributed by atoms with Crippen molar-refractivity contribution in [1.29, 1.82) is 0 Å². The molecule has 1 atom stereocenters. The maximum atomic E-state index is 14.1. The van der Waals surface area contributed by atoms with Crippen LogP contribution in [0.1, 0.15) is 55.5 Å². The number of nitrogens with one attached hydrogen (secondary N) is 3. The van der Waals surface area contributed by atoms with Crippen molar-refractivity contribution in [3.63, 3.8) is 0 Å². The molecule has 33 heavy (non-hydrogen) atoms. The zero-order valence-corrected chi connectivity index (χ0v) is 19.6. The number of rotatable bonds is 8. The molecular weight excluding hydrogens is 443 g/mol. The number of nitrogens with zero attached hydrogens (tertiary/aromatic N) is 1. The molecule has 1 aliphatic carbocycles. The van der Waals surface area contributed by atoms with E-state index >= 15 is 0 Å². The first-order chi connectivity index (χ1) is 15.7. The number of alkyl halides is 1. The number of carbonyl (C=O) groups excluding carboxylic acids is 2. The number of aliphatic hydroxyl groups is 1. The Labute approximate surface area is 196 Å². The summed E-state index contributed by atoms with van der Waals surface area (Å²) in [5, 5.41) is 19.2. The predicted octanol–water partition coefficient (Wildman–Crippen LogP) is 4.19. The molecule has 1 fully saturated rings. The van der Waals surface area contributed by atoms with Crippen LogP contribution in [0.3, 0.4) is 0 Å². The Hall–Kier alpha value is -2.65. The molecule has 0 bridgehead atoms. The second kappa shape index (κ2) is 9.69. The second-order valence-corrected chi connectivity index (χ2v) is 10.3. The number of fused-ring (bicyclic) bond motifs is 1. The van der Waals surface area contributed by atoms with E-state index in [4.69, 9.17) is 0 Å². The maximum absolute atomic E-state index is 14.1. The van der Waals surface area contributed by atoms with E-state index in [1.165, 1.54) is 31.8 Å². The van der Waals surface area contributed by atoms with E-state index < -0.39 is 17.7 Å².